The van der Waals surface area contributed by atoms with Gasteiger partial charge in [0.05, 0.1) is 18.7 Å². The average Bonchev–Trinajstić information content (AvgIpc) is 2.41. The van der Waals surface area contributed by atoms with Gasteiger partial charge in [-0.2, -0.15) is 5.26 Å². The quantitative estimate of drug-likeness (QED) is 0.894. The summed E-state index contributed by atoms with van der Waals surface area (Å²) in [6.07, 6.45) is 1.61. The predicted octanol–water partition coefficient (Wildman–Crippen LogP) is 3.01. The Labute approximate surface area is 106 Å². The number of aromatic nitrogens is 1. The maximum Gasteiger partial charge on any atom is 0.131 e. The Morgan fingerprint density at radius 2 is 2.11 bits per heavy atom. The van der Waals surface area contributed by atoms with Crippen LogP contribution in [0.4, 0.5) is 11.5 Å². The monoisotopic (exact) mass is 239 g/mol. The summed E-state index contributed by atoms with van der Waals surface area (Å²) in [5.74, 6) is 1.42. The largest absolute Gasteiger partial charge is 0.497 e. The Bertz CT molecular complexity index is 602. The topological polar surface area (TPSA) is 57.9 Å². The highest BCUT2D eigenvalue weighted by Crippen LogP contribution is 2.24. The van der Waals surface area contributed by atoms with Crippen molar-refractivity contribution in [1.82, 2.24) is 4.98 Å². The average molecular weight is 239 g/mol. The highest BCUT2D eigenvalue weighted by molar-refractivity contribution is 5.63. The molecule has 0 fully saturated rings. The molecule has 0 saturated heterocycles. The Hall–Kier alpha value is -2.54. The van der Waals surface area contributed by atoms with E-state index in [2.05, 4.69) is 16.4 Å². The first-order chi connectivity index (χ1) is 8.72. The minimum Gasteiger partial charge on any atom is -0.497 e. The van der Waals surface area contributed by atoms with E-state index in [0.29, 0.717) is 11.4 Å². The minimum atomic E-state index is 0.577. The summed E-state index contributed by atoms with van der Waals surface area (Å²) in [4.78, 5) is 4.18. The molecule has 0 aliphatic carbocycles. The van der Waals surface area contributed by atoms with E-state index in [1.807, 2.05) is 25.1 Å². The number of aryl methyl sites for hydroxylation is 1. The fourth-order valence-electron chi connectivity index (χ4n) is 1.57. The second-order valence-corrected chi connectivity index (χ2v) is 3.85. The third-order valence-corrected chi connectivity index (χ3v) is 2.60. The van der Waals surface area contributed by atoms with Crippen LogP contribution in [0.3, 0.4) is 0 Å². The molecule has 0 spiro atoms. The van der Waals surface area contributed by atoms with Crippen LogP contribution in [-0.2, 0) is 0 Å². The van der Waals surface area contributed by atoms with E-state index in [-0.39, 0.29) is 0 Å². The molecule has 18 heavy (non-hydrogen) atoms. The van der Waals surface area contributed by atoms with Gasteiger partial charge in [0.2, 0.25) is 0 Å². The summed E-state index contributed by atoms with van der Waals surface area (Å²) < 4.78 is 5.18. The van der Waals surface area contributed by atoms with E-state index in [1.54, 1.807) is 25.4 Å². The molecule has 0 aliphatic heterocycles. The molecule has 2 rings (SSSR count). The summed E-state index contributed by atoms with van der Waals surface area (Å²) in [6.45, 7) is 2.00. The number of hydrogen-bond acceptors (Lipinski definition) is 4. The van der Waals surface area contributed by atoms with Gasteiger partial charge in [-0.15, -0.1) is 0 Å². The van der Waals surface area contributed by atoms with E-state index in [4.69, 9.17) is 10.00 Å². The summed E-state index contributed by atoms with van der Waals surface area (Å²) in [7, 11) is 1.63. The van der Waals surface area contributed by atoms with Crippen LogP contribution < -0.4 is 10.1 Å². The van der Waals surface area contributed by atoms with Crippen molar-refractivity contribution >= 4 is 11.5 Å². The van der Waals surface area contributed by atoms with Gasteiger partial charge < -0.3 is 10.1 Å². The lowest BCUT2D eigenvalue weighted by Crippen LogP contribution is -1.96. The number of methoxy groups -OCH3 is 1. The zero-order valence-corrected chi connectivity index (χ0v) is 10.3. The molecule has 0 radical (unpaired) electrons. The Morgan fingerprint density at radius 3 is 2.83 bits per heavy atom. The van der Waals surface area contributed by atoms with Crippen LogP contribution in [0.25, 0.3) is 0 Å². The third kappa shape index (κ3) is 2.58. The lowest BCUT2D eigenvalue weighted by Gasteiger charge is -2.10. The van der Waals surface area contributed by atoms with Crippen molar-refractivity contribution < 1.29 is 4.74 Å². The van der Waals surface area contributed by atoms with E-state index >= 15 is 0 Å². The molecule has 4 nitrogen and oxygen atoms in total. The van der Waals surface area contributed by atoms with E-state index in [1.165, 1.54) is 0 Å². The van der Waals surface area contributed by atoms with Gasteiger partial charge in [0.1, 0.15) is 11.6 Å². The number of ether oxygens (including phenoxy) is 1. The Balaban J connectivity index is 2.30. The second-order valence-electron chi connectivity index (χ2n) is 3.85. The van der Waals surface area contributed by atoms with Gasteiger partial charge in [0, 0.05) is 18.0 Å². The van der Waals surface area contributed by atoms with Crippen LogP contribution in [0.1, 0.15) is 11.1 Å². The van der Waals surface area contributed by atoms with Crippen molar-refractivity contribution in [2.75, 3.05) is 12.4 Å². The molecule has 0 unspecified atom stereocenters. The standard InChI is InChI=1S/C14H13N3O/c1-10-3-4-12(18-2)8-13(10)17-14-7-11(9-15)5-6-16-14/h3-8H,1-2H3,(H,16,17). The van der Waals surface area contributed by atoms with Crippen molar-refractivity contribution in [1.29, 1.82) is 5.26 Å². The van der Waals surface area contributed by atoms with Gasteiger partial charge in [-0.1, -0.05) is 6.07 Å². The first-order valence-corrected chi connectivity index (χ1v) is 5.51. The van der Waals surface area contributed by atoms with Gasteiger partial charge in [-0.25, -0.2) is 4.98 Å². The fourth-order valence-corrected chi connectivity index (χ4v) is 1.57. The molecule has 90 valence electrons. The molecule has 0 saturated carbocycles. The normalized spacial score (nSPS) is 9.61. The first kappa shape index (κ1) is 11.9. The molecular weight excluding hydrogens is 226 g/mol. The first-order valence-electron chi connectivity index (χ1n) is 5.51. The molecule has 0 bridgehead atoms. The smallest absolute Gasteiger partial charge is 0.131 e. The van der Waals surface area contributed by atoms with E-state index < -0.39 is 0 Å². The highest BCUT2D eigenvalue weighted by atomic mass is 16.5. The number of anilines is 2. The zero-order valence-electron chi connectivity index (χ0n) is 10.3. The maximum absolute atomic E-state index is 8.84. The molecule has 1 heterocycles. The number of hydrogen-bond donors (Lipinski definition) is 1. The summed E-state index contributed by atoms with van der Waals surface area (Å²) >= 11 is 0. The number of nitriles is 1. The predicted molar refractivity (Wildman–Crippen MR) is 70.0 cm³/mol. The maximum atomic E-state index is 8.84. The second kappa shape index (κ2) is 5.19. The van der Waals surface area contributed by atoms with Gasteiger partial charge in [0.15, 0.2) is 0 Å². The van der Waals surface area contributed by atoms with Gasteiger partial charge in [-0.3, -0.25) is 0 Å². The van der Waals surface area contributed by atoms with Crippen molar-refractivity contribution in [2.24, 2.45) is 0 Å². The van der Waals surface area contributed by atoms with E-state index in [9.17, 15) is 0 Å². The molecule has 1 aromatic heterocycles. The number of rotatable bonds is 3. The van der Waals surface area contributed by atoms with Crippen LogP contribution in [-0.4, -0.2) is 12.1 Å². The SMILES string of the molecule is COc1ccc(C)c(Nc2cc(C#N)ccn2)c1. The summed E-state index contributed by atoms with van der Waals surface area (Å²) in [5.41, 5.74) is 2.57. The van der Waals surface area contributed by atoms with E-state index in [0.717, 1.165) is 17.0 Å². The molecule has 0 amide bonds. The number of nitrogens with zero attached hydrogens (tertiary/aromatic N) is 2. The summed E-state index contributed by atoms with van der Waals surface area (Å²) in [6, 6.07) is 11.2. The Morgan fingerprint density at radius 1 is 1.28 bits per heavy atom. The van der Waals surface area contributed by atoms with Gasteiger partial charge in [-0.05, 0) is 30.7 Å². The highest BCUT2D eigenvalue weighted by Gasteiger charge is 2.03. The van der Waals surface area contributed by atoms with Crippen LogP contribution in [0.2, 0.25) is 0 Å². The number of pyridine rings is 1. The molecule has 1 N–H and O–H groups in total. The zero-order chi connectivity index (χ0) is 13.0. The summed E-state index contributed by atoms with van der Waals surface area (Å²) in [5, 5.41) is 12.0. The van der Waals surface area contributed by atoms with Crippen LogP contribution >= 0.6 is 0 Å². The van der Waals surface area contributed by atoms with Crippen LogP contribution in [0, 0.1) is 18.3 Å². The minimum absolute atomic E-state index is 0.577. The lowest BCUT2D eigenvalue weighted by atomic mass is 10.2. The van der Waals surface area contributed by atoms with Gasteiger partial charge >= 0.3 is 0 Å². The van der Waals surface area contributed by atoms with Crippen molar-refractivity contribution in [3.05, 3.63) is 47.7 Å². The lowest BCUT2D eigenvalue weighted by molar-refractivity contribution is 0.415. The number of benzene rings is 1. The molecule has 0 atom stereocenters. The van der Waals surface area contributed by atoms with Crippen molar-refractivity contribution in [3.63, 3.8) is 0 Å². The fraction of sp³-hybridized carbons (Fsp3) is 0.143. The van der Waals surface area contributed by atoms with Crippen LogP contribution in [0.5, 0.6) is 5.75 Å². The molecule has 4 heteroatoms. The molecule has 2 aromatic rings. The third-order valence-electron chi connectivity index (χ3n) is 2.60. The Kier molecular flexibility index (Phi) is 3.44. The number of nitrogens with one attached hydrogen (secondary N) is 1. The van der Waals surface area contributed by atoms with Crippen LogP contribution in [0.15, 0.2) is 36.5 Å². The molecule has 1 aromatic carbocycles. The van der Waals surface area contributed by atoms with Crippen molar-refractivity contribution in [2.45, 2.75) is 6.92 Å². The van der Waals surface area contributed by atoms with Crippen molar-refractivity contribution in [3.8, 4) is 11.8 Å². The molecule has 0 aliphatic rings. The van der Waals surface area contributed by atoms with Gasteiger partial charge in [0.25, 0.3) is 0 Å². The molecular formula is C14H13N3O.